The number of fused-ring (bicyclic) bond motifs is 1. The van der Waals surface area contributed by atoms with Crippen molar-refractivity contribution in [2.24, 2.45) is 0 Å². The first-order valence-corrected chi connectivity index (χ1v) is 14.9. The number of carbonyl (C=O) groups is 3. The summed E-state index contributed by atoms with van der Waals surface area (Å²) in [5.74, 6) is 0.768. The quantitative estimate of drug-likeness (QED) is 0.372. The van der Waals surface area contributed by atoms with Crippen LogP contribution in [0.15, 0.2) is 42.5 Å². The third kappa shape index (κ3) is 9.08. The highest BCUT2D eigenvalue weighted by atomic mass is 35.5. The Morgan fingerprint density at radius 2 is 1.74 bits per heavy atom. The molecule has 42 heavy (non-hydrogen) atoms. The van der Waals surface area contributed by atoms with Gasteiger partial charge in [-0.2, -0.15) is 0 Å². The van der Waals surface area contributed by atoms with E-state index >= 15 is 0 Å². The highest BCUT2D eigenvalue weighted by Crippen LogP contribution is 2.33. The maximum absolute atomic E-state index is 13.1. The van der Waals surface area contributed by atoms with Gasteiger partial charge >= 0.3 is 6.09 Å². The Bertz CT molecular complexity index is 1240. The smallest absolute Gasteiger partial charge is 0.407 e. The molecule has 2 aromatic carbocycles. The summed E-state index contributed by atoms with van der Waals surface area (Å²) in [6, 6.07) is 13.2. The van der Waals surface area contributed by atoms with E-state index in [1.165, 1.54) is 0 Å². The number of ether oxygens (including phenoxy) is 3. The molecule has 1 saturated heterocycles. The fraction of sp³-hybridized carbons (Fsp3) is 0.516. The topological polar surface area (TPSA) is 109 Å². The predicted octanol–water partition coefficient (Wildman–Crippen LogP) is 4.22. The Balaban J connectivity index is 1.21. The number of nitrogens with one attached hydrogen (secondary N) is 2. The van der Waals surface area contributed by atoms with Gasteiger partial charge in [-0.3, -0.25) is 9.59 Å². The van der Waals surface area contributed by atoms with Crippen molar-refractivity contribution in [2.45, 2.75) is 45.1 Å². The molecule has 1 fully saturated rings. The standard InChI is InChI=1S/C31H41ClN4O6/c1-31(2,3)42-30(39)34-13-19-40-18-12-33-29(38)25-20-23(32)8-9-24(25)22-10-14-35(15-11-22)16-17-36-26-6-4-5-7-27(26)41-21-28(36)37/h4-9,20,22H,10-19,21H2,1-3H3,(H,33,38)(H,34,39). The molecule has 3 amide bonds. The maximum atomic E-state index is 13.1. The number of halogens is 1. The molecule has 0 saturated carbocycles. The van der Waals surface area contributed by atoms with Crippen molar-refractivity contribution in [2.75, 3.05) is 64.0 Å². The van der Waals surface area contributed by atoms with Gasteiger partial charge in [-0.15, -0.1) is 0 Å². The number of rotatable bonds is 11. The molecule has 0 aromatic heterocycles. The molecule has 0 atom stereocenters. The number of piperidine rings is 1. The van der Waals surface area contributed by atoms with Crippen LogP contribution in [0.25, 0.3) is 0 Å². The van der Waals surface area contributed by atoms with Crippen LogP contribution in [0.3, 0.4) is 0 Å². The third-order valence-corrected chi connectivity index (χ3v) is 7.42. The van der Waals surface area contributed by atoms with Crippen molar-refractivity contribution in [3.05, 3.63) is 58.6 Å². The molecule has 2 aliphatic rings. The van der Waals surface area contributed by atoms with E-state index in [-0.39, 0.29) is 24.3 Å². The molecule has 0 aliphatic carbocycles. The van der Waals surface area contributed by atoms with Gasteiger partial charge in [0, 0.05) is 36.8 Å². The van der Waals surface area contributed by atoms with Gasteiger partial charge in [0.15, 0.2) is 6.61 Å². The van der Waals surface area contributed by atoms with E-state index in [2.05, 4.69) is 15.5 Å². The zero-order valence-corrected chi connectivity index (χ0v) is 25.4. The van der Waals surface area contributed by atoms with Gasteiger partial charge in [-0.1, -0.05) is 29.8 Å². The second-order valence-electron chi connectivity index (χ2n) is 11.4. The van der Waals surface area contributed by atoms with Crippen LogP contribution >= 0.6 is 11.6 Å². The maximum Gasteiger partial charge on any atom is 0.407 e. The van der Waals surface area contributed by atoms with Gasteiger partial charge in [-0.25, -0.2) is 4.79 Å². The molecule has 0 unspecified atom stereocenters. The van der Waals surface area contributed by atoms with Crippen LogP contribution < -0.4 is 20.3 Å². The molecule has 10 nitrogen and oxygen atoms in total. The zero-order chi connectivity index (χ0) is 30.1. The number of para-hydroxylation sites is 2. The Kier molecular flexibility index (Phi) is 11.1. The molecule has 228 valence electrons. The first-order valence-electron chi connectivity index (χ1n) is 14.5. The van der Waals surface area contributed by atoms with Crippen molar-refractivity contribution >= 4 is 35.2 Å². The summed E-state index contributed by atoms with van der Waals surface area (Å²) >= 11 is 6.27. The number of anilines is 1. The lowest BCUT2D eigenvalue weighted by Gasteiger charge is -2.35. The Labute approximate surface area is 252 Å². The van der Waals surface area contributed by atoms with E-state index in [0.717, 1.165) is 49.5 Å². The molecule has 0 bridgehead atoms. The normalized spacial score (nSPS) is 16.0. The predicted molar refractivity (Wildman–Crippen MR) is 162 cm³/mol. The highest BCUT2D eigenvalue weighted by Gasteiger charge is 2.28. The molecule has 4 rings (SSSR count). The van der Waals surface area contributed by atoms with E-state index in [1.807, 2.05) is 41.3 Å². The Morgan fingerprint density at radius 3 is 2.48 bits per heavy atom. The van der Waals surface area contributed by atoms with Crippen LogP contribution in [0.5, 0.6) is 5.75 Å². The van der Waals surface area contributed by atoms with Crippen molar-refractivity contribution in [1.82, 2.24) is 15.5 Å². The van der Waals surface area contributed by atoms with E-state index in [9.17, 15) is 14.4 Å². The number of benzene rings is 2. The summed E-state index contributed by atoms with van der Waals surface area (Å²) in [5.41, 5.74) is 1.85. The van der Waals surface area contributed by atoms with E-state index in [1.54, 1.807) is 26.8 Å². The molecular formula is C31H41ClN4O6. The van der Waals surface area contributed by atoms with Crippen LogP contribution in [0.2, 0.25) is 5.02 Å². The van der Waals surface area contributed by atoms with Gasteiger partial charge in [0.1, 0.15) is 11.4 Å². The molecule has 2 aromatic rings. The van der Waals surface area contributed by atoms with Crippen LogP contribution in [0.4, 0.5) is 10.5 Å². The second kappa shape index (κ2) is 14.7. The largest absolute Gasteiger partial charge is 0.482 e. The minimum Gasteiger partial charge on any atom is -0.482 e. The molecule has 0 radical (unpaired) electrons. The van der Waals surface area contributed by atoms with Crippen LogP contribution in [-0.4, -0.2) is 87.5 Å². The van der Waals surface area contributed by atoms with Crippen molar-refractivity contribution < 1.29 is 28.6 Å². The number of hydrogen-bond donors (Lipinski definition) is 2. The number of alkyl carbamates (subject to hydrolysis) is 1. The van der Waals surface area contributed by atoms with Crippen molar-refractivity contribution in [3.8, 4) is 5.75 Å². The molecule has 2 N–H and O–H groups in total. The lowest BCUT2D eigenvalue weighted by Crippen LogP contribution is -2.45. The molecule has 2 heterocycles. The van der Waals surface area contributed by atoms with Crippen molar-refractivity contribution in [1.29, 1.82) is 0 Å². The summed E-state index contributed by atoms with van der Waals surface area (Å²) < 4.78 is 16.3. The molecule has 11 heteroatoms. The number of carbonyl (C=O) groups excluding carboxylic acids is 3. The van der Waals surface area contributed by atoms with Gasteiger partial charge in [0.2, 0.25) is 0 Å². The number of likely N-dealkylation sites (tertiary alicyclic amines) is 1. The van der Waals surface area contributed by atoms with Crippen LogP contribution in [0, 0.1) is 0 Å². The Hall–Kier alpha value is -3.34. The fourth-order valence-electron chi connectivity index (χ4n) is 5.16. The third-order valence-electron chi connectivity index (χ3n) is 7.18. The van der Waals surface area contributed by atoms with Crippen LogP contribution in [-0.2, 0) is 14.3 Å². The first kappa shape index (κ1) is 31.6. The number of nitrogens with zero attached hydrogens (tertiary/aromatic N) is 2. The summed E-state index contributed by atoms with van der Waals surface area (Å²) in [6.07, 6.45) is 1.32. The SMILES string of the molecule is CC(C)(C)OC(=O)NCCOCCNC(=O)c1cc(Cl)ccc1C1CCN(CCN2C(=O)COc3ccccc32)CC1. The first-order chi connectivity index (χ1) is 20.1. The summed E-state index contributed by atoms with van der Waals surface area (Å²) in [7, 11) is 0. The van der Waals surface area contributed by atoms with Gasteiger partial charge in [-0.05, 0) is 82.4 Å². The summed E-state index contributed by atoms with van der Waals surface area (Å²) in [5, 5.41) is 6.07. The molecule has 0 spiro atoms. The fourth-order valence-corrected chi connectivity index (χ4v) is 5.33. The monoisotopic (exact) mass is 600 g/mol. The van der Waals surface area contributed by atoms with Gasteiger partial charge in [0.05, 0.1) is 18.9 Å². The van der Waals surface area contributed by atoms with E-state index in [4.69, 9.17) is 25.8 Å². The van der Waals surface area contributed by atoms with Crippen LogP contribution in [0.1, 0.15) is 55.5 Å². The van der Waals surface area contributed by atoms with E-state index in [0.29, 0.717) is 43.4 Å². The lowest BCUT2D eigenvalue weighted by molar-refractivity contribution is -0.121. The average Bonchev–Trinajstić information content (AvgIpc) is 2.95. The highest BCUT2D eigenvalue weighted by molar-refractivity contribution is 6.31. The van der Waals surface area contributed by atoms with Gasteiger partial charge < -0.3 is 34.6 Å². The number of amides is 3. The lowest BCUT2D eigenvalue weighted by atomic mass is 9.86. The van der Waals surface area contributed by atoms with E-state index < -0.39 is 11.7 Å². The summed E-state index contributed by atoms with van der Waals surface area (Å²) in [4.78, 5) is 41.5. The average molecular weight is 601 g/mol. The van der Waals surface area contributed by atoms with Crippen molar-refractivity contribution in [3.63, 3.8) is 0 Å². The second-order valence-corrected chi connectivity index (χ2v) is 11.9. The minimum absolute atomic E-state index is 0.0247. The number of hydrogen-bond acceptors (Lipinski definition) is 7. The molecular weight excluding hydrogens is 560 g/mol. The zero-order valence-electron chi connectivity index (χ0n) is 24.6. The molecule has 2 aliphatic heterocycles. The minimum atomic E-state index is -0.552. The van der Waals surface area contributed by atoms with Gasteiger partial charge in [0.25, 0.3) is 11.8 Å². The summed E-state index contributed by atoms with van der Waals surface area (Å²) in [6.45, 7) is 9.87. The Morgan fingerprint density at radius 1 is 1.02 bits per heavy atom.